The lowest BCUT2D eigenvalue weighted by atomic mass is 9.84. The fourth-order valence-corrected chi connectivity index (χ4v) is 3.20. The topological polar surface area (TPSA) is 87.3 Å². The third kappa shape index (κ3) is 5.44. The van der Waals surface area contributed by atoms with Crippen LogP contribution in [0.5, 0.6) is 0 Å². The van der Waals surface area contributed by atoms with Crippen LogP contribution in [0.2, 0.25) is 0 Å². The fourth-order valence-electron chi connectivity index (χ4n) is 3.20. The molecule has 1 aromatic rings. The van der Waals surface area contributed by atoms with Gasteiger partial charge in [-0.2, -0.15) is 0 Å². The zero-order chi connectivity index (χ0) is 18.9. The second kappa shape index (κ2) is 9.75. The van der Waals surface area contributed by atoms with Crippen LogP contribution < -0.4 is 16.0 Å². The minimum absolute atomic E-state index is 0.0437. The number of para-hydroxylation sites is 1. The zero-order valence-corrected chi connectivity index (χ0v) is 15.2. The fraction of sp³-hybridized carbons (Fsp3) is 0.450. The van der Waals surface area contributed by atoms with Gasteiger partial charge in [0.2, 0.25) is 0 Å². The van der Waals surface area contributed by atoms with E-state index >= 15 is 0 Å². The molecule has 2 rings (SSSR count). The Morgan fingerprint density at radius 3 is 2.46 bits per heavy atom. The van der Waals surface area contributed by atoms with Gasteiger partial charge in [0.1, 0.15) is 0 Å². The molecule has 0 unspecified atom stereocenters. The first kappa shape index (κ1) is 19.7. The van der Waals surface area contributed by atoms with E-state index in [1.165, 1.54) is 0 Å². The molecule has 1 aliphatic carbocycles. The summed E-state index contributed by atoms with van der Waals surface area (Å²) in [6, 6.07) is 6.63. The maximum atomic E-state index is 12.2. The predicted molar refractivity (Wildman–Crippen MR) is 102 cm³/mol. The van der Waals surface area contributed by atoms with Crippen molar-refractivity contribution in [2.24, 2.45) is 5.92 Å². The Bertz CT molecular complexity index is 664. The zero-order valence-electron chi connectivity index (χ0n) is 15.2. The Morgan fingerprint density at radius 2 is 1.81 bits per heavy atom. The number of carbonyl (C=O) groups excluding carboxylic acids is 3. The summed E-state index contributed by atoms with van der Waals surface area (Å²) in [7, 11) is 0. The maximum Gasteiger partial charge on any atom is 0.313 e. The molecule has 0 bridgehead atoms. The van der Waals surface area contributed by atoms with Crippen molar-refractivity contribution >= 4 is 23.4 Å². The first-order chi connectivity index (χ1) is 12.5. The van der Waals surface area contributed by atoms with Crippen molar-refractivity contribution in [2.45, 2.75) is 45.1 Å². The van der Waals surface area contributed by atoms with Crippen LogP contribution in [-0.2, 0) is 9.59 Å². The number of benzene rings is 1. The average molecular weight is 357 g/mol. The second-order valence-corrected chi connectivity index (χ2v) is 6.60. The van der Waals surface area contributed by atoms with E-state index in [0.29, 0.717) is 17.8 Å². The van der Waals surface area contributed by atoms with Crippen LogP contribution in [0, 0.1) is 5.92 Å². The van der Waals surface area contributed by atoms with Crippen LogP contribution in [0.4, 0.5) is 5.69 Å². The van der Waals surface area contributed by atoms with Crippen LogP contribution in [0.1, 0.15) is 49.4 Å². The predicted octanol–water partition coefficient (Wildman–Crippen LogP) is 2.63. The van der Waals surface area contributed by atoms with Crippen molar-refractivity contribution in [1.29, 1.82) is 0 Å². The van der Waals surface area contributed by atoms with Crippen molar-refractivity contribution in [2.75, 3.05) is 11.9 Å². The summed E-state index contributed by atoms with van der Waals surface area (Å²) in [5.74, 6) is -1.03. The molecule has 6 nitrogen and oxygen atoms in total. The van der Waals surface area contributed by atoms with E-state index in [0.717, 1.165) is 38.0 Å². The third-order valence-electron chi connectivity index (χ3n) is 4.79. The van der Waals surface area contributed by atoms with E-state index in [4.69, 9.17) is 0 Å². The summed E-state index contributed by atoms with van der Waals surface area (Å²) in [6.07, 6.45) is 6.69. The van der Waals surface area contributed by atoms with Gasteiger partial charge in [-0.25, -0.2) is 0 Å². The average Bonchev–Trinajstić information content (AvgIpc) is 2.67. The summed E-state index contributed by atoms with van der Waals surface area (Å²) in [5, 5.41) is 8.00. The van der Waals surface area contributed by atoms with E-state index in [1.54, 1.807) is 30.3 Å². The molecule has 0 saturated heterocycles. The van der Waals surface area contributed by atoms with Gasteiger partial charge in [-0.1, -0.05) is 31.6 Å². The van der Waals surface area contributed by atoms with Gasteiger partial charge in [0.15, 0.2) is 0 Å². The normalized spacial score (nSPS) is 19.3. The molecule has 3 amide bonds. The van der Waals surface area contributed by atoms with Crippen molar-refractivity contribution < 1.29 is 14.4 Å². The number of anilines is 1. The van der Waals surface area contributed by atoms with Gasteiger partial charge in [-0.3, -0.25) is 14.4 Å². The molecule has 0 aromatic heterocycles. The van der Waals surface area contributed by atoms with Gasteiger partial charge in [-0.05, 0) is 43.7 Å². The molecule has 0 aliphatic heterocycles. The van der Waals surface area contributed by atoms with Gasteiger partial charge < -0.3 is 16.0 Å². The van der Waals surface area contributed by atoms with Crippen LogP contribution in [0.25, 0.3) is 0 Å². The van der Waals surface area contributed by atoms with Gasteiger partial charge in [0, 0.05) is 12.6 Å². The molecule has 0 atom stereocenters. The summed E-state index contributed by atoms with van der Waals surface area (Å²) < 4.78 is 0. The Morgan fingerprint density at radius 1 is 1.12 bits per heavy atom. The number of nitrogens with one attached hydrogen (secondary N) is 3. The standard InChI is InChI=1S/C20H27N3O3/c1-3-13-21-18(24)16-7-5-6-8-17(16)23-20(26)19(25)22-15-11-9-14(4-2)10-12-15/h3,5-8,14-15H,1,4,9-13H2,2H3,(H,21,24)(H,22,25)(H,23,26). The van der Waals surface area contributed by atoms with E-state index < -0.39 is 11.8 Å². The molecular weight excluding hydrogens is 330 g/mol. The molecule has 3 N–H and O–H groups in total. The molecule has 0 heterocycles. The Kier molecular flexibility index (Phi) is 7.38. The first-order valence-corrected chi connectivity index (χ1v) is 9.15. The highest BCUT2D eigenvalue weighted by molar-refractivity contribution is 6.40. The molecule has 0 spiro atoms. The van der Waals surface area contributed by atoms with Crippen LogP contribution in [0.3, 0.4) is 0 Å². The lowest BCUT2D eigenvalue weighted by Crippen LogP contribution is -2.43. The van der Waals surface area contributed by atoms with Crippen molar-refractivity contribution in [3.05, 3.63) is 42.5 Å². The highest BCUT2D eigenvalue weighted by atomic mass is 16.2. The molecule has 1 aromatic carbocycles. The molecule has 26 heavy (non-hydrogen) atoms. The van der Waals surface area contributed by atoms with E-state index in [9.17, 15) is 14.4 Å². The minimum atomic E-state index is -0.758. The highest BCUT2D eigenvalue weighted by Crippen LogP contribution is 2.26. The van der Waals surface area contributed by atoms with Crippen molar-refractivity contribution in [3.8, 4) is 0 Å². The third-order valence-corrected chi connectivity index (χ3v) is 4.79. The van der Waals surface area contributed by atoms with Gasteiger partial charge in [-0.15, -0.1) is 6.58 Å². The lowest BCUT2D eigenvalue weighted by Gasteiger charge is -2.28. The molecule has 140 valence electrons. The Balaban J connectivity index is 1.94. The highest BCUT2D eigenvalue weighted by Gasteiger charge is 2.24. The SMILES string of the molecule is C=CCNC(=O)c1ccccc1NC(=O)C(=O)NC1CCC(CC)CC1. The smallest absolute Gasteiger partial charge is 0.313 e. The van der Waals surface area contributed by atoms with Crippen LogP contribution in [0.15, 0.2) is 36.9 Å². The second-order valence-electron chi connectivity index (χ2n) is 6.60. The van der Waals surface area contributed by atoms with Crippen LogP contribution in [-0.4, -0.2) is 30.3 Å². The Labute approximate surface area is 154 Å². The number of carbonyl (C=O) groups is 3. The quantitative estimate of drug-likeness (QED) is 0.540. The van der Waals surface area contributed by atoms with Crippen LogP contribution >= 0.6 is 0 Å². The van der Waals surface area contributed by atoms with Gasteiger partial charge in [0.05, 0.1) is 11.3 Å². The first-order valence-electron chi connectivity index (χ1n) is 9.15. The summed E-state index contributed by atoms with van der Waals surface area (Å²) in [4.78, 5) is 36.5. The van der Waals surface area contributed by atoms with E-state index in [1.807, 2.05) is 0 Å². The number of rotatable bonds is 6. The molecule has 6 heteroatoms. The summed E-state index contributed by atoms with van der Waals surface area (Å²) in [6.45, 7) is 6.05. The van der Waals surface area contributed by atoms with E-state index in [2.05, 4.69) is 29.5 Å². The largest absolute Gasteiger partial charge is 0.349 e. The molecule has 1 saturated carbocycles. The molecule has 1 aliphatic rings. The molecular formula is C20H27N3O3. The molecule has 0 radical (unpaired) electrons. The van der Waals surface area contributed by atoms with Crippen molar-refractivity contribution in [1.82, 2.24) is 10.6 Å². The minimum Gasteiger partial charge on any atom is -0.349 e. The number of hydrogen-bond acceptors (Lipinski definition) is 3. The maximum absolute atomic E-state index is 12.2. The van der Waals surface area contributed by atoms with Gasteiger partial charge >= 0.3 is 11.8 Å². The summed E-state index contributed by atoms with van der Waals surface area (Å²) >= 11 is 0. The Hall–Kier alpha value is -2.63. The van der Waals surface area contributed by atoms with Crippen molar-refractivity contribution in [3.63, 3.8) is 0 Å². The van der Waals surface area contributed by atoms with Gasteiger partial charge in [0.25, 0.3) is 5.91 Å². The number of hydrogen-bond donors (Lipinski definition) is 3. The van der Waals surface area contributed by atoms with E-state index in [-0.39, 0.29) is 11.9 Å². The molecule has 1 fully saturated rings. The summed E-state index contributed by atoms with van der Waals surface area (Å²) in [5.41, 5.74) is 0.614. The lowest BCUT2D eigenvalue weighted by molar-refractivity contribution is -0.136. The number of amides is 3. The monoisotopic (exact) mass is 357 g/mol.